The lowest BCUT2D eigenvalue weighted by atomic mass is 10.2. The van der Waals surface area contributed by atoms with Gasteiger partial charge < -0.3 is 19.9 Å². The quantitative estimate of drug-likeness (QED) is 0.665. The second kappa shape index (κ2) is 10.5. The van der Waals surface area contributed by atoms with Gasteiger partial charge in [0.05, 0.1) is 23.0 Å². The number of rotatable bonds is 5. The molecule has 3 rings (SSSR count). The number of thiocarbonyl (C=S) groups is 1. The minimum Gasteiger partial charge on any atom is -0.492 e. The topological polar surface area (TPSA) is 73.9 Å². The molecule has 1 heterocycles. The Balaban J connectivity index is 1.64. The van der Waals surface area contributed by atoms with E-state index in [1.165, 1.54) is 0 Å². The summed E-state index contributed by atoms with van der Waals surface area (Å²) in [5.74, 6) is 0.250. The summed E-state index contributed by atoms with van der Waals surface area (Å²) in [5, 5.41) is 6.34. The van der Waals surface area contributed by atoms with Crippen molar-refractivity contribution in [1.82, 2.24) is 10.2 Å². The highest BCUT2D eigenvalue weighted by atomic mass is 35.5. The van der Waals surface area contributed by atoms with Gasteiger partial charge in [0.15, 0.2) is 5.11 Å². The molecule has 2 aromatic rings. The summed E-state index contributed by atoms with van der Waals surface area (Å²) in [5.41, 5.74) is 2.13. The Kier molecular flexibility index (Phi) is 7.70. The number of carbonyl (C=O) groups excluding carboxylic acids is 2. The van der Waals surface area contributed by atoms with Crippen LogP contribution in [-0.2, 0) is 4.79 Å². The van der Waals surface area contributed by atoms with Gasteiger partial charge in [-0.3, -0.25) is 14.9 Å². The van der Waals surface area contributed by atoms with E-state index >= 15 is 0 Å². The first-order valence-corrected chi connectivity index (χ1v) is 10.8. The van der Waals surface area contributed by atoms with E-state index in [0.29, 0.717) is 36.0 Å². The molecule has 1 aliphatic heterocycles. The number of piperazine rings is 1. The molecule has 2 N–H and O–H groups in total. The van der Waals surface area contributed by atoms with Crippen molar-refractivity contribution in [3.8, 4) is 5.75 Å². The van der Waals surface area contributed by atoms with E-state index in [2.05, 4.69) is 15.5 Å². The van der Waals surface area contributed by atoms with E-state index in [0.717, 1.165) is 24.5 Å². The van der Waals surface area contributed by atoms with Gasteiger partial charge in [0.2, 0.25) is 5.91 Å². The largest absolute Gasteiger partial charge is 0.492 e. The van der Waals surface area contributed by atoms with Crippen molar-refractivity contribution in [2.24, 2.45) is 0 Å². The number of nitrogens with one attached hydrogen (secondary N) is 2. The monoisotopic (exact) mass is 460 g/mol. The smallest absolute Gasteiger partial charge is 0.257 e. The van der Waals surface area contributed by atoms with Crippen LogP contribution in [0.5, 0.6) is 5.75 Å². The summed E-state index contributed by atoms with van der Waals surface area (Å²) in [6.07, 6.45) is 0. The number of carbonyl (C=O) groups is 2. The van der Waals surface area contributed by atoms with Crippen LogP contribution < -0.4 is 20.3 Å². The summed E-state index contributed by atoms with van der Waals surface area (Å²) in [6.45, 7) is 6.73. The van der Waals surface area contributed by atoms with Crippen LogP contribution in [0.15, 0.2) is 42.5 Å². The van der Waals surface area contributed by atoms with Gasteiger partial charge in [-0.05, 0) is 49.5 Å². The highest BCUT2D eigenvalue weighted by Gasteiger charge is 2.21. The van der Waals surface area contributed by atoms with Crippen LogP contribution in [0.3, 0.4) is 0 Å². The van der Waals surface area contributed by atoms with Gasteiger partial charge in [0.1, 0.15) is 5.75 Å². The van der Waals surface area contributed by atoms with E-state index in [4.69, 9.17) is 28.6 Å². The van der Waals surface area contributed by atoms with Crippen LogP contribution in [0.2, 0.25) is 5.02 Å². The predicted molar refractivity (Wildman–Crippen MR) is 127 cm³/mol. The fourth-order valence-corrected chi connectivity index (χ4v) is 3.80. The lowest BCUT2D eigenvalue weighted by molar-refractivity contribution is -0.129. The fraction of sp³-hybridized carbons (Fsp3) is 0.318. The number of hydrogen-bond acceptors (Lipinski definition) is 5. The molecule has 9 heteroatoms. The zero-order chi connectivity index (χ0) is 22.4. The lowest BCUT2D eigenvalue weighted by Crippen LogP contribution is -2.48. The Morgan fingerprint density at radius 3 is 2.48 bits per heavy atom. The summed E-state index contributed by atoms with van der Waals surface area (Å²) in [7, 11) is 0. The Morgan fingerprint density at radius 1 is 1.13 bits per heavy atom. The van der Waals surface area contributed by atoms with E-state index < -0.39 is 0 Å². The first-order chi connectivity index (χ1) is 14.9. The minimum absolute atomic E-state index is 0.0874. The van der Waals surface area contributed by atoms with E-state index in [9.17, 15) is 9.59 Å². The maximum Gasteiger partial charge on any atom is 0.257 e. The summed E-state index contributed by atoms with van der Waals surface area (Å²) in [6, 6.07) is 12.6. The molecule has 0 aliphatic carbocycles. The van der Waals surface area contributed by atoms with Crippen LogP contribution in [0.4, 0.5) is 11.4 Å². The van der Waals surface area contributed by atoms with Gasteiger partial charge in [0.25, 0.3) is 5.91 Å². The van der Waals surface area contributed by atoms with Crippen molar-refractivity contribution in [2.45, 2.75) is 13.8 Å². The molecule has 7 nitrogen and oxygen atoms in total. The van der Waals surface area contributed by atoms with Crippen molar-refractivity contribution in [3.05, 3.63) is 53.1 Å². The van der Waals surface area contributed by atoms with Crippen LogP contribution in [0.25, 0.3) is 0 Å². The second-order valence-corrected chi connectivity index (χ2v) is 7.81. The molecule has 31 heavy (non-hydrogen) atoms. The van der Waals surface area contributed by atoms with Crippen molar-refractivity contribution < 1.29 is 14.3 Å². The third-order valence-corrected chi connectivity index (χ3v) is 5.44. The molecule has 0 unspecified atom stereocenters. The standard InChI is InChI=1S/C22H25ClN4O3S/c1-3-30-20-9-8-16(14-17(20)23)21(29)25-22(31)24-18-6-4-5-7-19(18)27-12-10-26(11-13-27)15(2)28/h4-9,14H,3,10-13H2,1-2H3,(H2,24,25,29,31). The number of halogens is 1. The third kappa shape index (κ3) is 5.86. The highest BCUT2D eigenvalue weighted by molar-refractivity contribution is 7.80. The Morgan fingerprint density at radius 2 is 1.84 bits per heavy atom. The van der Waals surface area contributed by atoms with Crippen molar-refractivity contribution in [1.29, 1.82) is 0 Å². The van der Waals surface area contributed by atoms with Gasteiger partial charge in [-0.1, -0.05) is 23.7 Å². The first kappa shape index (κ1) is 22.8. The molecule has 0 saturated carbocycles. The van der Waals surface area contributed by atoms with Crippen LogP contribution in [0.1, 0.15) is 24.2 Å². The summed E-state index contributed by atoms with van der Waals surface area (Å²) in [4.78, 5) is 28.2. The normalized spacial score (nSPS) is 13.5. The van der Waals surface area contributed by atoms with Crippen molar-refractivity contribution >= 4 is 52.1 Å². The number of anilines is 2. The average Bonchev–Trinajstić information content (AvgIpc) is 2.75. The number of nitrogens with zero attached hydrogens (tertiary/aromatic N) is 2. The molecule has 0 bridgehead atoms. The lowest BCUT2D eigenvalue weighted by Gasteiger charge is -2.36. The van der Waals surface area contributed by atoms with Crippen LogP contribution >= 0.6 is 23.8 Å². The van der Waals surface area contributed by atoms with E-state index in [1.54, 1.807) is 25.1 Å². The number of amides is 2. The second-order valence-electron chi connectivity index (χ2n) is 7.00. The van der Waals surface area contributed by atoms with Gasteiger partial charge in [-0.15, -0.1) is 0 Å². The Labute approximate surface area is 192 Å². The molecule has 1 fully saturated rings. The fourth-order valence-electron chi connectivity index (χ4n) is 3.36. The number of ether oxygens (including phenoxy) is 1. The van der Waals surface area contributed by atoms with Gasteiger partial charge in [-0.2, -0.15) is 0 Å². The summed E-state index contributed by atoms with van der Waals surface area (Å²) < 4.78 is 5.39. The molecule has 0 aromatic heterocycles. The van der Waals surface area contributed by atoms with Gasteiger partial charge >= 0.3 is 0 Å². The molecular formula is C22H25ClN4O3S. The molecule has 0 atom stereocenters. The number of benzene rings is 2. The van der Waals surface area contributed by atoms with Crippen LogP contribution in [-0.4, -0.2) is 54.6 Å². The zero-order valence-electron chi connectivity index (χ0n) is 17.5. The van der Waals surface area contributed by atoms with E-state index in [1.807, 2.05) is 36.1 Å². The van der Waals surface area contributed by atoms with E-state index in [-0.39, 0.29) is 16.9 Å². The molecular weight excluding hydrogens is 436 g/mol. The molecule has 1 saturated heterocycles. The third-order valence-electron chi connectivity index (χ3n) is 4.94. The average molecular weight is 461 g/mol. The molecule has 2 aromatic carbocycles. The van der Waals surface area contributed by atoms with Crippen molar-refractivity contribution in [3.63, 3.8) is 0 Å². The van der Waals surface area contributed by atoms with Crippen LogP contribution in [0, 0.1) is 0 Å². The summed E-state index contributed by atoms with van der Waals surface area (Å²) >= 11 is 11.5. The SMILES string of the molecule is CCOc1ccc(C(=O)NC(=S)Nc2ccccc2N2CCN(C(C)=O)CC2)cc1Cl. The zero-order valence-corrected chi connectivity index (χ0v) is 19.1. The molecule has 2 amide bonds. The first-order valence-electron chi connectivity index (χ1n) is 10.0. The minimum atomic E-state index is -0.366. The number of hydrogen-bond donors (Lipinski definition) is 2. The molecule has 164 valence electrons. The Bertz CT molecular complexity index is 977. The molecule has 1 aliphatic rings. The Hall–Kier alpha value is -2.84. The molecule has 0 spiro atoms. The van der Waals surface area contributed by atoms with Crippen molar-refractivity contribution in [2.75, 3.05) is 43.0 Å². The van der Waals surface area contributed by atoms with Gasteiger partial charge in [0, 0.05) is 38.7 Å². The maximum absolute atomic E-state index is 12.6. The number of para-hydroxylation sites is 2. The van der Waals surface area contributed by atoms with Gasteiger partial charge in [-0.25, -0.2) is 0 Å². The molecule has 0 radical (unpaired) electrons. The maximum atomic E-state index is 12.6. The predicted octanol–water partition coefficient (Wildman–Crippen LogP) is 3.53. The highest BCUT2D eigenvalue weighted by Crippen LogP contribution is 2.27.